The molecule has 1 fully saturated rings. The molecule has 7 heteroatoms. The lowest BCUT2D eigenvalue weighted by molar-refractivity contribution is -0.123. The highest BCUT2D eigenvalue weighted by molar-refractivity contribution is 8.18. The summed E-state index contributed by atoms with van der Waals surface area (Å²) in [4.78, 5) is 37.5. The molecule has 1 aliphatic rings. The van der Waals surface area contributed by atoms with E-state index >= 15 is 0 Å². The molecule has 0 bridgehead atoms. The topological polar surface area (TPSA) is 76.8 Å². The van der Waals surface area contributed by atoms with Crippen molar-refractivity contribution in [1.82, 2.24) is 4.90 Å². The number of furan rings is 1. The molecule has 1 aliphatic heterocycles. The van der Waals surface area contributed by atoms with Crippen molar-refractivity contribution in [3.63, 3.8) is 0 Å². The minimum Gasteiger partial charge on any atom is -0.463 e. The van der Waals surface area contributed by atoms with Crippen molar-refractivity contribution in [2.45, 2.75) is 13.5 Å². The number of benzene rings is 1. The van der Waals surface area contributed by atoms with Gasteiger partial charge >= 0.3 is 5.97 Å². The number of hydrogen-bond acceptors (Lipinski definition) is 6. The number of amides is 2. The van der Waals surface area contributed by atoms with Crippen molar-refractivity contribution < 1.29 is 23.5 Å². The van der Waals surface area contributed by atoms with Crippen molar-refractivity contribution in [3.8, 4) is 0 Å². The molecule has 0 aliphatic carbocycles. The van der Waals surface area contributed by atoms with Crippen molar-refractivity contribution in [3.05, 3.63) is 64.0 Å². The number of aryl methyl sites for hydroxylation is 1. The summed E-state index contributed by atoms with van der Waals surface area (Å²) in [6.45, 7) is 1.90. The molecule has 1 aromatic carbocycles. The van der Waals surface area contributed by atoms with Gasteiger partial charge in [-0.25, -0.2) is 4.79 Å². The zero-order chi connectivity index (χ0) is 18.0. The predicted octanol–water partition coefficient (Wildman–Crippen LogP) is 3.61. The second kappa shape index (κ2) is 6.98. The second-order valence-electron chi connectivity index (χ2n) is 5.38. The van der Waals surface area contributed by atoms with Gasteiger partial charge in [-0.05, 0) is 48.0 Å². The highest BCUT2D eigenvalue weighted by atomic mass is 32.2. The fourth-order valence-electron chi connectivity index (χ4n) is 2.36. The fraction of sp³-hybridized carbons (Fsp3) is 0.167. The van der Waals surface area contributed by atoms with Crippen LogP contribution < -0.4 is 0 Å². The third-order valence-corrected chi connectivity index (χ3v) is 4.62. The molecule has 0 spiro atoms. The van der Waals surface area contributed by atoms with Crippen LogP contribution in [0.4, 0.5) is 4.79 Å². The maximum Gasteiger partial charge on any atom is 0.373 e. The highest BCUT2D eigenvalue weighted by Gasteiger charge is 2.35. The van der Waals surface area contributed by atoms with Gasteiger partial charge < -0.3 is 9.15 Å². The number of esters is 1. The van der Waals surface area contributed by atoms with Crippen LogP contribution in [-0.4, -0.2) is 29.1 Å². The van der Waals surface area contributed by atoms with Gasteiger partial charge in [-0.15, -0.1) is 0 Å². The van der Waals surface area contributed by atoms with Gasteiger partial charge in [-0.2, -0.15) is 0 Å². The third-order valence-electron chi connectivity index (χ3n) is 3.71. The Kier molecular flexibility index (Phi) is 4.76. The Morgan fingerprint density at radius 1 is 1.24 bits per heavy atom. The van der Waals surface area contributed by atoms with Crippen LogP contribution in [0.2, 0.25) is 0 Å². The lowest BCUT2D eigenvalue weighted by Crippen LogP contribution is -2.27. The van der Waals surface area contributed by atoms with Crippen LogP contribution in [0.5, 0.6) is 0 Å². The number of thioether (sulfide) groups is 1. The first-order valence-electron chi connectivity index (χ1n) is 7.47. The molecule has 3 rings (SSSR count). The second-order valence-corrected chi connectivity index (χ2v) is 6.38. The summed E-state index contributed by atoms with van der Waals surface area (Å²) < 4.78 is 9.88. The Bertz CT molecular complexity index is 883. The molecular weight excluding hydrogens is 342 g/mol. The maximum absolute atomic E-state index is 12.5. The summed E-state index contributed by atoms with van der Waals surface area (Å²) in [5.74, 6) is -0.631. The lowest BCUT2D eigenvalue weighted by Gasteiger charge is -2.10. The summed E-state index contributed by atoms with van der Waals surface area (Å²) in [6, 6.07) is 10.6. The van der Waals surface area contributed by atoms with E-state index in [2.05, 4.69) is 4.74 Å². The van der Waals surface area contributed by atoms with Gasteiger partial charge in [0.2, 0.25) is 5.76 Å². The largest absolute Gasteiger partial charge is 0.463 e. The van der Waals surface area contributed by atoms with Crippen LogP contribution in [0.1, 0.15) is 27.4 Å². The van der Waals surface area contributed by atoms with E-state index in [1.807, 2.05) is 31.2 Å². The quantitative estimate of drug-likeness (QED) is 0.614. The predicted molar refractivity (Wildman–Crippen MR) is 92.7 cm³/mol. The summed E-state index contributed by atoms with van der Waals surface area (Å²) in [6.07, 6.45) is 1.71. The smallest absolute Gasteiger partial charge is 0.373 e. The van der Waals surface area contributed by atoms with E-state index in [9.17, 15) is 14.4 Å². The Labute approximate surface area is 148 Å². The molecule has 0 N–H and O–H groups in total. The fourth-order valence-corrected chi connectivity index (χ4v) is 3.18. The Hall–Kier alpha value is -2.80. The van der Waals surface area contributed by atoms with Crippen LogP contribution in [0.3, 0.4) is 0 Å². The van der Waals surface area contributed by atoms with Crippen molar-refractivity contribution in [2.24, 2.45) is 0 Å². The van der Waals surface area contributed by atoms with E-state index in [4.69, 9.17) is 4.42 Å². The number of imide groups is 1. The monoisotopic (exact) mass is 357 g/mol. The minimum absolute atomic E-state index is 0.0277. The average molecular weight is 357 g/mol. The Morgan fingerprint density at radius 3 is 2.72 bits per heavy atom. The number of nitrogens with zero attached hydrogens (tertiary/aromatic N) is 1. The molecule has 25 heavy (non-hydrogen) atoms. The molecule has 1 saturated heterocycles. The molecule has 1 aromatic heterocycles. The number of hydrogen-bond donors (Lipinski definition) is 0. The van der Waals surface area contributed by atoms with Crippen LogP contribution in [0, 0.1) is 6.92 Å². The maximum atomic E-state index is 12.5. The molecule has 2 aromatic rings. The molecule has 2 heterocycles. The molecular formula is C18H15NO5S. The third kappa shape index (κ3) is 3.51. The first kappa shape index (κ1) is 17.0. The van der Waals surface area contributed by atoms with Crippen molar-refractivity contribution in [2.75, 3.05) is 7.11 Å². The first-order valence-corrected chi connectivity index (χ1v) is 8.29. The lowest BCUT2D eigenvalue weighted by atomic mass is 10.1. The molecule has 2 amide bonds. The summed E-state index contributed by atoms with van der Waals surface area (Å²) in [5.41, 5.74) is 1.90. The number of ether oxygens (including phenoxy) is 1. The Morgan fingerprint density at radius 2 is 2.00 bits per heavy atom. The van der Waals surface area contributed by atoms with Gasteiger partial charge in [0.15, 0.2) is 0 Å². The van der Waals surface area contributed by atoms with Gasteiger partial charge in [-0.3, -0.25) is 14.5 Å². The minimum atomic E-state index is -0.611. The van der Waals surface area contributed by atoms with Gasteiger partial charge in [0.1, 0.15) is 5.76 Å². The molecule has 0 saturated carbocycles. The van der Waals surface area contributed by atoms with Crippen LogP contribution in [0.15, 0.2) is 45.7 Å². The zero-order valence-electron chi connectivity index (χ0n) is 13.6. The molecule has 0 unspecified atom stereocenters. The summed E-state index contributed by atoms with van der Waals surface area (Å²) in [7, 11) is 1.25. The Balaban J connectivity index is 1.79. The molecule has 0 radical (unpaired) electrons. The number of methoxy groups -OCH3 is 1. The SMILES string of the molecule is COC(=O)c1ccc(CN2C(=O)SC(=Cc3ccccc3C)C2=O)o1. The van der Waals surface area contributed by atoms with E-state index in [1.165, 1.54) is 13.2 Å². The van der Waals surface area contributed by atoms with Gasteiger partial charge in [0.25, 0.3) is 11.1 Å². The molecule has 0 atom stereocenters. The standard InChI is InChI=1S/C18H15NO5S/c1-11-5-3-4-6-12(11)9-15-16(20)19(18(22)25-15)10-13-7-8-14(24-13)17(21)23-2/h3-9H,10H2,1-2H3. The summed E-state index contributed by atoms with van der Waals surface area (Å²) >= 11 is 0.887. The zero-order valence-corrected chi connectivity index (χ0v) is 14.5. The van der Waals surface area contributed by atoms with Crippen molar-refractivity contribution in [1.29, 1.82) is 0 Å². The van der Waals surface area contributed by atoms with E-state index in [1.54, 1.807) is 12.1 Å². The normalized spacial score (nSPS) is 15.9. The van der Waals surface area contributed by atoms with Crippen molar-refractivity contribution >= 4 is 35.0 Å². The van der Waals surface area contributed by atoms with Gasteiger partial charge in [-0.1, -0.05) is 24.3 Å². The molecule has 6 nitrogen and oxygen atoms in total. The van der Waals surface area contributed by atoms with Gasteiger partial charge in [0.05, 0.1) is 18.6 Å². The molecule has 128 valence electrons. The van der Waals surface area contributed by atoms with Crippen LogP contribution >= 0.6 is 11.8 Å². The van der Waals surface area contributed by atoms with Crippen LogP contribution in [0.25, 0.3) is 6.08 Å². The summed E-state index contributed by atoms with van der Waals surface area (Å²) in [5, 5.41) is -0.374. The van der Waals surface area contributed by atoms with E-state index < -0.39 is 5.97 Å². The highest BCUT2D eigenvalue weighted by Crippen LogP contribution is 2.33. The number of carbonyl (C=O) groups excluding carboxylic acids is 3. The van der Waals surface area contributed by atoms with Crippen LogP contribution in [-0.2, 0) is 16.1 Å². The van der Waals surface area contributed by atoms with E-state index in [0.717, 1.165) is 27.8 Å². The average Bonchev–Trinajstić information content (AvgIpc) is 3.17. The van der Waals surface area contributed by atoms with E-state index in [-0.39, 0.29) is 23.5 Å². The first-order chi connectivity index (χ1) is 12.0. The number of carbonyl (C=O) groups is 3. The number of rotatable bonds is 4. The van der Waals surface area contributed by atoms with E-state index in [0.29, 0.717) is 10.7 Å². The van der Waals surface area contributed by atoms with Gasteiger partial charge in [0, 0.05) is 0 Å².